The summed E-state index contributed by atoms with van der Waals surface area (Å²) in [6, 6.07) is 12.3. The van der Waals surface area contributed by atoms with Gasteiger partial charge in [0.2, 0.25) is 0 Å². The Bertz CT molecular complexity index is 1000. The molecule has 114 valence electrons. The van der Waals surface area contributed by atoms with Gasteiger partial charge in [0.1, 0.15) is 5.52 Å². The van der Waals surface area contributed by atoms with Crippen LogP contribution in [0.25, 0.3) is 21.8 Å². The summed E-state index contributed by atoms with van der Waals surface area (Å²) in [6.45, 7) is 4.17. The van der Waals surface area contributed by atoms with Gasteiger partial charge in [-0.15, -0.1) is 0 Å². The summed E-state index contributed by atoms with van der Waals surface area (Å²) in [5.41, 5.74) is 4.93. The number of anilines is 2. The first kappa shape index (κ1) is 13.7. The number of aryl methyl sites for hydroxylation is 2. The van der Waals surface area contributed by atoms with E-state index in [4.69, 9.17) is 0 Å². The zero-order chi connectivity index (χ0) is 15.8. The Morgan fingerprint density at radius 1 is 1.17 bits per heavy atom. The molecule has 5 nitrogen and oxygen atoms in total. The summed E-state index contributed by atoms with van der Waals surface area (Å²) in [7, 11) is 0. The Balaban J connectivity index is 1.77. The van der Waals surface area contributed by atoms with Crippen LogP contribution in [0, 0.1) is 6.92 Å². The van der Waals surface area contributed by atoms with Crippen molar-refractivity contribution in [3.8, 4) is 0 Å². The highest BCUT2D eigenvalue weighted by Gasteiger charge is 2.08. The average molecular weight is 303 g/mol. The second-order valence-corrected chi connectivity index (χ2v) is 5.60. The van der Waals surface area contributed by atoms with E-state index in [2.05, 4.69) is 56.7 Å². The maximum Gasteiger partial charge on any atom is 0.178 e. The SMILES string of the molecule is CCc1nc(C)cc2cc(Nc3n[nH]c4cccnc34)ccc12. The third-order valence-electron chi connectivity index (χ3n) is 3.96. The normalized spacial score (nSPS) is 11.2. The van der Waals surface area contributed by atoms with E-state index in [9.17, 15) is 0 Å². The zero-order valence-corrected chi connectivity index (χ0v) is 13.1. The van der Waals surface area contributed by atoms with Crippen LogP contribution < -0.4 is 5.32 Å². The Kier molecular flexibility index (Phi) is 3.19. The molecule has 0 aliphatic rings. The first-order valence-corrected chi connectivity index (χ1v) is 7.71. The number of nitrogens with one attached hydrogen (secondary N) is 2. The van der Waals surface area contributed by atoms with E-state index in [1.54, 1.807) is 6.20 Å². The van der Waals surface area contributed by atoms with Crippen molar-refractivity contribution >= 4 is 33.3 Å². The van der Waals surface area contributed by atoms with Gasteiger partial charge in [0, 0.05) is 28.7 Å². The van der Waals surface area contributed by atoms with E-state index in [-0.39, 0.29) is 0 Å². The van der Waals surface area contributed by atoms with Gasteiger partial charge in [0.15, 0.2) is 5.82 Å². The number of rotatable bonds is 3. The van der Waals surface area contributed by atoms with Crippen molar-refractivity contribution in [2.75, 3.05) is 5.32 Å². The van der Waals surface area contributed by atoms with Gasteiger partial charge < -0.3 is 5.32 Å². The van der Waals surface area contributed by atoms with Gasteiger partial charge in [-0.05, 0) is 49.1 Å². The lowest BCUT2D eigenvalue weighted by Crippen LogP contribution is -1.95. The van der Waals surface area contributed by atoms with Crippen LogP contribution in [0.3, 0.4) is 0 Å². The van der Waals surface area contributed by atoms with E-state index >= 15 is 0 Å². The fourth-order valence-corrected chi connectivity index (χ4v) is 2.90. The molecule has 4 rings (SSSR count). The number of hydrogen-bond acceptors (Lipinski definition) is 4. The minimum atomic E-state index is 0.737. The molecule has 0 bridgehead atoms. The van der Waals surface area contributed by atoms with Crippen molar-refractivity contribution in [2.24, 2.45) is 0 Å². The standard InChI is InChI=1S/C18H17N5/c1-3-15-14-7-6-13(10-12(14)9-11(2)20-15)21-18-17-16(22-23-18)5-4-8-19-17/h4-10H,3H2,1-2H3,(H2,21,22,23). The molecule has 4 aromatic rings. The molecule has 0 saturated carbocycles. The Morgan fingerprint density at radius 3 is 2.96 bits per heavy atom. The lowest BCUT2D eigenvalue weighted by molar-refractivity contribution is 1.03. The predicted molar refractivity (Wildman–Crippen MR) is 93.0 cm³/mol. The van der Waals surface area contributed by atoms with Crippen molar-refractivity contribution < 1.29 is 0 Å². The Labute approximate surface area is 133 Å². The molecule has 3 heterocycles. The Morgan fingerprint density at radius 2 is 2.09 bits per heavy atom. The molecule has 0 spiro atoms. The lowest BCUT2D eigenvalue weighted by Gasteiger charge is -2.09. The molecule has 0 saturated heterocycles. The fourth-order valence-electron chi connectivity index (χ4n) is 2.90. The van der Waals surface area contributed by atoms with E-state index in [1.807, 2.05) is 19.1 Å². The van der Waals surface area contributed by atoms with Gasteiger partial charge in [-0.3, -0.25) is 15.1 Å². The van der Waals surface area contributed by atoms with Crippen LogP contribution in [-0.2, 0) is 6.42 Å². The van der Waals surface area contributed by atoms with Gasteiger partial charge in [-0.1, -0.05) is 13.0 Å². The van der Waals surface area contributed by atoms with Crippen molar-refractivity contribution in [3.63, 3.8) is 0 Å². The predicted octanol–water partition coefficient (Wildman–Crippen LogP) is 4.12. The van der Waals surface area contributed by atoms with Crippen LogP contribution in [0.2, 0.25) is 0 Å². The quantitative estimate of drug-likeness (QED) is 0.597. The molecule has 0 aliphatic carbocycles. The molecule has 5 heteroatoms. The highest BCUT2D eigenvalue weighted by Crippen LogP contribution is 2.26. The number of pyridine rings is 2. The van der Waals surface area contributed by atoms with Gasteiger partial charge in [0.05, 0.1) is 5.52 Å². The molecule has 2 N–H and O–H groups in total. The number of aromatic amines is 1. The molecular weight excluding hydrogens is 286 g/mol. The molecule has 3 aromatic heterocycles. The maximum absolute atomic E-state index is 4.62. The van der Waals surface area contributed by atoms with Crippen LogP contribution >= 0.6 is 0 Å². The van der Waals surface area contributed by atoms with Crippen LogP contribution in [0.5, 0.6) is 0 Å². The van der Waals surface area contributed by atoms with Crippen molar-refractivity contribution in [2.45, 2.75) is 20.3 Å². The van der Waals surface area contributed by atoms with Gasteiger partial charge >= 0.3 is 0 Å². The maximum atomic E-state index is 4.62. The fraction of sp³-hybridized carbons (Fsp3) is 0.167. The zero-order valence-electron chi connectivity index (χ0n) is 13.1. The summed E-state index contributed by atoms with van der Waals surface area (Å²) in [6.07, 6.45) is 2.70. The second kappa shape index (κ2) is 5.35. The first-order chi connectivity index (χ1) is 11.2. The van der Waals surface area contributed by atoms with Gasteiger partial charge in [0.25, 0.3) is 0 Å². The lowest BCUT2D eigenvalue weighted by atomic mass is 10.1. The van der Waals surface area contributed by atoms with Crippen molar-refractivity contribution in [1.82, 2.24) is 20.2 Å². The largest absolute Gasteiger partial charge is 0.337 e. The number of nitrogens with zero attached hydrogens (tertiary/aromatic N) is 3. The van der Waals surface area contributed by atoms with Crippen molar-refractivity contribution in [1.29, 1.82) is 0 Å². The monoisotopic (exact) mass is 303 g/mol. The van der Waals surface area contributed by atoms with Crippen LogP contribution in [-0.4, -0.2) is 20.2 Å². The van der Waals surface area contributed by atoms with Crippen LogP contribution in [0.15, 0.2) is 42.6 Å². The number of benzene rings is 1. The number of fused-ring (bicyclic) bond motifs is 2. The second-order valence-electron chi connectivity index (χ2n) is 5.60. The van der Waals surface area contributed by atoms with Crippen LogP contribution in [0.4, 0.5) is 11.5 Å². The molecule has 1 aromatic carbocycles. The minimum Gasteiger partial charge on any atom is -0.337 e. The van der Waals surface area contributed by atoms with Gasteiger partial charge in [-0.2, -0.15) is 5.10 Å². The van der Waals surface area contributed by atoms with Gasteiger partial charge in [-0.25, -0.2) is 0 Å². The minimum absolute atomic E-state index is 0.737. The summed E-state index contributed by atoms with van der Waals surface area (Å²) in [5, 5.41) is 13.0. The summed E-state index contributed by atoms with van der Waals surface area (Å²) < 4.78 is 0. The van der Waals surface area contributed by atoms with E-state index in [0.717, 1.165) is 40.3 Å². The molecule has 0 atom stereocenters. The third-order valence-corrected chi connectivity index (χ3v) is 3.96. The highest BCUT2D eigenvalue weighted by atomic mass is 15.2. The summed E-state index contributed by atoms with van der Waals surface area (Å²) in [5.74, 6) is 0.737. The van der Waals surface area contributed by atoms with E-state index in [1.165, 1.54) is 10.8 Å². The summed E-state index contributed by atoms with van der Waals surface area (Å²) >= 11 is 0. The topological polar surface area (TPSA) is 66.5 Å². The molecule has 0 unspecified atom stereocenters. The Hall–Kier alpha value is -2.95. The third kappa shape index (κ3) is 2.40. The highest BCUT2D eigenvalue weighted by molar-refractivity contribution is 5.91. The number of H-pyrrole nitrogens is 1. The number of hydrogen-bond donors (Lipinski definition) is 2. The molecule has 0 radical (unpaired) electrons. The number of aromatic nitrogens is 4. The first-order valence-electron chi connectivity index (χ1n) is 7.71. The average Bonchev–Trinajstić information content (AvgIpc) is 2.97. The molecule has 23 heavy (non-hydrogen) atoms. The van der Waals surface area contributed by atoms with E-state index in [0.29, 0.717) is 0 Å². The molecular formula is C18H17N5. The molecule has 0 fully saturated rings. The molecule has 0 amide bonds. The van der Waals surface area contributed by atoms with E-state index < -0.39 is 0 Å². The van der Waals surface area contributed by atoms with Crippen LogP contribution in [0.1, 0.15) is 18.3 Å². The molecule has 0 aliphatic heterocycles. The van der Waals surface area contributed by atoms with Crippen molar-refractivity contribution in [3.05, 3.63) is 54.0 Å². The summed E-state index contributed by atoms with van der Waals surface area (Å²) in [4.78, 5) is 8.99. The smallest absolute Gasteiger partial charge is 0.178 e.